The standard InChI is InChI=1S/C17H23NOS/c1-11-7-13(20-12(11)2)10-18-6-5-14-15(18)8-17(3,4)9-16(14)19/h5-7,16,19H,8-10H2,1-4H3. The van der Waals surface area contributed by atoms with E-state index >= 15 is 0 Å². The second-order valence-corrected chi connectivity index (χ2v) is 8.20. The van der Waals surface area contributed by atoms with E-state index in [0.29, 0.717) is 0 Å². The minimum absolute atomic E-state index is 0.184. The van der Waals surface area contributed by atoms with Crippen molar-refractivity contribution >= 4 is 11.3 Å². The van der Waals surface area contributed by atoms with Gasteiger partial charge in [-0.05, 0) is 49.8 Å². The molecule has 108 valence electrons. The van der Waals surface area contributed by atoms with Gasteiger partial charge >= 0.3 is 0 Å². The fraction of sp³-hybridized carbons (Fsp3) is 0.529. The van der Waals surface area contributed by atoms with Crippen molar-refractivity contribution in [1.82, 2.24) is 4.57 Å². The van der Waals surface area contributed by atoms with Crippen LogP contribution in [-0.2, 0) is 13.0 Å². The molecule has 0 saturated heterocycles. The van der Waals surface area contributed by atoms with Crippen LogP contribution in [0.5, 0.6) is 0 Å². The average Bonchev–Trinajstić information content (AvgIpc) is 2.84. The number of thiophene rings is 1. The Balaban J connectivity index is 1.93. The molecule has 0 aromatic carbocycles. The molecule has 0 aliphatic heterocycles. The van der Waals surface area contributed by atoms with Gasteiger partial charge in [-0.3, -0.25) is 0 Å². The number of nitrogens with zero attached hydrogens (tertiary/aromatic N) is 1. The monoisotopic (exact) mass is 289 g/mol. The highest BCUT2D eigenvalue weighted by molar-refractivity contribution is 7.12. The summed E-state index contributed by atoms with van der Waals surface area (Å²) in [6.07, 6.45) is 3.75. The van der Waals surface area contributed by atoms with Crippen molar-refractivity contribution < 1.29 is 5.11 Å². The van der Waals surface area contributed by atoms with Crippen LogP contribution >= 0.6 is 11.3 Å². The van der Waals surface area contributed by atoms with Crippen molar-refractivity contribution in [1.29, 1.82) is 0 Å². The summed E-state index contributed by atoms with van der Waals surface area (Å²) in [7, 11) is 0. The van der Waals surface area contributed by atoms with E-state index in [1.807, 2.05) is 11.3 Å². The molecule has 1 aliphatic rings. The summed E-state index contributed by atoms with van der Waals surface area (Å²) in [4.78, 5) is 2.80. The van der Waals surface area contributed by atoms with Crippen molar-refractivity contribution in [2.75, 3.05) is 0 Å². The van der Waals surface area contributed by atoms with Gasteiger partial charge in [0.05, 0.1) is 12.6 Å². The molecular weight excluding hydrogens is 266 g/mol. The lowest BCUT2D eigenvalue weighted by Gasteiger charge is -2.33. The Labute approximate surface area is 125 Å². The van der Waals surface area contributed by atoms with Crippen molar-refractivity contribution in [3.8, 4) is 0 Å². The molecule has 2 aromatic heterocycles. The Bertz CT molecular complexity index is 616. The van der Waals surface area contributed by atoms with Gasteiger partial charge in [-0.2, -0.15) is 0 Å². The van der Waals surface area contributed by atoms with E-state index in [4.69, 9.17) is 0 Å². The van der Waals surface area contributed by atoms with E-state index in [-0.39, 0.29) is 11.5 Å². The fourth-order valence-corrected chi connectivity index (χ4v) is 4.28. The summed E-state index contributed by atoms with van der Waals surface area (Å²) < 4.78 is 2.32. The molecule has 1 atom stereocenters. The Morgan fingerprint density at radius 2 is 2.15 bits per heavy atom. The zero-order chi connectivity index (χ0) is 14.5. The SMILES string of the molecule is Cc1cc(Cn2ccc3c2CC(C)(C)CC3O)sc1C. The lowest BCUT2D eigenvalue weighted by molar-refractivity contribution is 0.0981. The summed E-state index contributed by atoms with van der Waals surface area (Å²) in [5.41, 5.74) is 4.02. The maximum Gasteiger partial charge on any atom is 0.0812 e. The number of aromatic nitrogens is 1. The number of fused-ring (bicyclic) bond motifs is 1. The van der Waals surface area contributed by atoms with Crippen LogP contribution in [0.15, 0.2) is 18.3 Å². The molecule has 2 aromatic rings. The van der Waals surface area contributed by atoms with Crippen LogP contribution in [0.25, 0.3) is 0 Å². The highest BCUT2D eigenvalue weighted by Gasteiger charge is 2.33. The highest BCUT2D eigenvalue weighted by Crippen LogP contribution is 2.41. The zero-order valence-electron chi connectivity index (χ0n) is 12.7. The number of aryl methyl sites for hydroxylation is 2. The van der Waals surface area contributed by atoms with Gasteiger partial charge in [-0.1, -0.05) is 13.8 Å². The van der Waals surface area contributed by atoms with Crippen molar-refractivity contribution in [2.45, 2.75) is 53.2 Å². The van der Waals surface area contributed by atoms with Gasteiger partial charge in [0, 0.05) is 27.2 Å². The molecule has 3 heteroatoms. The average molecular weight is 289 g/mol. The molecule has 0 fully saturated rings. The number of hydrogen-bond acceptors (Lipinski definition) is 2. The number of aliphatic hydroxyl groups is 1. The van der Waals surface area contributed by atoms with Crippen LogP contribution in [0.1, 0.15) is 52.9 Å². The molecular formula is C17H23NOS. The van der Waals surface area contributed by atoms with Crippen LogP contribution in [0, 0.1) is 19.3 Å². The normalized spacial score (nSPS) is 20.9. The molecule has 3 rings (SSSR count). The summed E-state index contributed by atoms with van der Waals surface area (Å²) in [5, 5.41) is 10.3. The Hall–Kier alpha value is -1.06. The maximum atomic E-state index is 10.3. The lowest BCUT2D eigenvalue weighted by Crippen LogP contribution is -2.26. The second kappa shape index (κ2) is 4.74. The van der Waals surface area contributed by atoms with Crippen LogP contribution in [0.4, 0.5) is 0 Å². The van der Waals surface area contributed by atoms with Crippen LogP contribution in [0.2, 0.25) is 0 Å². The first-order valence-corrected chi connectivity index (χ1v) is 8.09. The molecule has 0 saturated carbocycles. The third-order valence-electron chi connectivity index (χ3n) is 4.41. The Morgan fingerprint density at radius 1 is 1.40 bits per heavy atom. The fourth-order valence-electron chi connectivity index (χ4n) is 3.23. The topological polar surface area (TPSA) is 25.2 Å². The molecule has 0 bridgehead atoms. The first-order chi connectivity index (χ1) is 9.35. The van der Waals surface area contributed by atoms with Gasteiger partial charge in [0.2, 0.25) is 0 Å². The number of rotatable bonds is 2. The molecule has 0 amide bonds. The second-order valence-electron chi connectivity index (χ2n) is 6.86. The number of hydrogen-bond donors (Lipinski definition) is 1. The van der Waals surface area contributed by atoms with Gasteiger partial charge in [-0.25, -0.2) is 0 Å². The van der Waals surface area contributed by atoms with E-state index in [1.54, 1.807) is 0 Å². The van der Waals surface area contributed by atoms with Gasteiger partial charge < -0.3 is 9.67 Å². The molecule has 1 unspecified atom stereocenters. The predicted molar refractivity (Wildman–Crippen MR) is 84.4 cm³/mol. The smallest absolute Gasteiger partial charge is 0.0812 e. The quantitative estimate of drug-likeness (QED) is 0.879. The van der Waals surface area contributed by atoms with Gasteiger partial charge in [-0.15, -0.1) is 11.3 Å². The first kappa shape index (κ1) is 13.9. The van der Waals surface area contributed by atoms with Gasteiger partial charge in [0.25, 0.3) is 0 Å². The summed E-state index contributed by atoms with van der Waals surface area (Å²) in [6, 6.07) is 4.39. The molecule has 2 nitrogen and oxygen atoms in total. The van der Waals surface area contributed by atoms with Gasteiger partial charge in [0.15, 0.2) is 0 Å². The predicted octanol–water partition coefficient (Wildman–Crippen LogP) is 4.22. The maximum absolute atomic E-state index is 10.3. The highest BCUT2D eigenvalue weighted by atomic mass is 32.1. The van der Waals surface area contributed by atoms with E-state index in [9.17, 15) is 5.11 Å². The van der Waals surface area contributed by atoms with Crippen molar-refractivity contribution in [3.05, 3.63) is 44.9 Å². The van der Waals surface area contributed by atoms with Crippen LogP contribution < -0.4 is 0 Å². The minimum Gasteiger partial charge on any atom is -0.388 e. The van der Waals surface area contributed by atoms with E-state index in [1.165, 1.54) is 21.0 Å². The van der Waals surface area contributed by atoms with Gasteiger partial charge in [0.1, 0.15) is 0 Å². The van der Waals surface area contributed by atoms with E-state index in [2.05, 4.69) is 50.6 Å². The minimum atomic E-state index is -0.304. The summed E-state index contributed by atoms with van der Waals surface area (Å²) in [5.74, 6) is 0. The molecule has 2 heterocycles. The Kier molecular flexibility index (Phi) is 3.30. The largest absolute Gasteiger partial charge is 0.388 e. The summed E-state index contributed by atoms with van der Waals surface area (Å²) in [6.45, 7) is 9.78. The summed E-state index contributed by atoms with van der Waals surface area (Å²) >= 11 is 1.88. The van der Waals surface area contributed by atoms with Crippen molar-refractivity contribution in [2.24, 2.45) is 5.41 Å². The number of aliphatic hydroxyl groups excluding tert-OH is 1. The van der Waals surface area contributed by atoms with E-state index in [0.717, 1.165) is 24.9 Å². The molecule has 0 radical (unpaired) electrons. The third-order valence-corrected chi connectivity index (χ3v) is 5.55. The molecule has 0 spiro atoms. The molecule has 20 heavy (non-hydrogen) atoms. The Morgan fingerprint density at radius 3 is 2.80 bits per heavy atom. The molecule has 1 N–H and O–H groups in total. The lowest BCUT2D eigenvalue weighted by atomic mass is 9.75. The third kappa shape index (κ3) is 2.45. The van der Waals surface area contributed by atoms with Crippen LogP contribution in [0.3, 0.4) is 0 Å². The van der Waals surface area contributed by atoms with E-state index < -0.39 is 0 Å². The van der Waals surface area contributed by atoms with Crippen molar-refractivity contribution in [3.63, 3.8) is 0 Å². The molecule has 1 aliphatic carbocycles. The van der Waals surface area contributed by atoms with Crippen LogP contribution in [-0.4, -0.2) is 9.67 Å². The first-order valence-electron chi connectivity index (χ1n) is 7.27. The zero-order valence-corrected chi connectivity index (χ0v) is 13.5.